The van der Waals surface area contributed by atoms with E-state index in [1.165, 1.54) is 12.8 Å². The quantitative estimate of drug-likeness (QED) is 0.745. The zero-order valence-corrected chi connectivity index (χ0v) is 7.72. The lowest BCUT2D eigenvalue weighted by Gasteiger charge is -1.95. The van der Waals surface area contributed by atoms with Crippen molar-refractivity contribution in [3.8, 4) is 0 Å². The molecule has 2 N–H and O–H groups in total. The molecule has 0 radical (unpaired) electrons. The van der Waals surface area contributed by atoms with Crippen molar-refractivity contribution in [3.63, 3.8) is 0 Å². The highest BCUT2D eigenvalue weighted by atomic mass is 15.4. The Morgan fingerprint density at radius 3 is 2.93 bits per heavy atom. The van der Waals surface area contributed by atoms with Gasteiger partial charge in [0.25, 0.3) is 0 Å². The van der Waals surface area contributed by atoms with Gasteiger partial charge < -0.3 is 5.73 Å². The maximum atomic E-state index is 5.46. The molecule has 0 saturated heterocycles. The van der Waals surface area contributed by atoms with Crippen LogP contribution in [0.2, 0.25) is 0 Å². The van der Waals surface area contributed by atoms with E-state index in [4.69, 9.17) is 5.73 Å². The third kappa shape index (κ3) is 1.17. The lowest BCUT2D eigenvalue weighted by molar-refractivity contribution is 0.739. The summed E-state index contributed by atoms with van der Waals surface area (Å²) in [7, 11) is 0. The highest BCUT2D eigenvalue weighted by Gasteiger charge is 2.25. The monoisotopic (exact) mass is 189 g/mol. The first kappa shape index (κ1) is 7.87. The van der Waals surface area contributed by atoms with Crippen molar-refractivity contribution in [2.45, 2.75) is 25.3 Å². The lowest BCUT2D eigenvalue weighted by Crippen LogP contribution is -2.00. The van der Waals surface area contributed by atoms with Crippen LogP contribution in [0.3, 0.4) is 0 Å². The van der Waals surface area contributed by atoms with Crippen LogP contribution in [0.4, 0.5) is 0 Å². The van der Waals surface area contributed by atoms with Crippen LogP contribution in [0, 0.1) is 0 Å². The highest BCUT2D eigenvalue weighted by molar-refractivity contribution is 5.36. The van der Waals surface area contributed by atoms with Gasteiger partial charge in [0, 0.05) is 5.92 Å². The standard InChI is InChI=1S/C9H11N5/c10-5-8-11-9-4-3-7(6-1-2-6)12-14(9)13-8/h3-4,6H,1-2,5,10H2. The summed E-state index contributed by atoms with van der Waals surface area (Å²) in [4.78, 5) is 4.22. The second-order valence-corrected chi connectivity index (χ2v) is 3.61. The molecular weight excluding hydrogens is 178 g/mol. The van der Waals surface area contributed by atoms with Gasteiger partial charge in [-0.15, -0.1) is 9.73 Å². The molecule has 72 valence electrons. The van der Waals surface area contributed by atoms with Crippen molar-refractivity contribution >= 4 is 5.65 Å². The maximum Gasteiger partial charge on any atom is 0.176 e. The molecule has 1 saturated carbocycles. The minimum atomic E-state index is 0.363. The van der Waals surface area contributed by atoms with Crippen molar-refractivity contribution in [3.05, 3.63) is 23.7 Å². The minimum absolute atomic E-state index is 0.363. The molecule has 2 heterocycles. The number of hydrogen-bond donors (Lipinski definition) is 1. The van der Waals surface area contributed by atoms with Gasteiger partial charge in [-0.05, 0) is 25.0 Å². The van der Waals surface area contributed by atoms with Gasteiger partial charge in [-0.1, -0.05) is 0 Å². The average molecular weight is 189 g/mol. The van der Waals surface area contributed by atoms with Gasteiger partial charge in [-0.3, -0.25) is 0 Å². The van der Waals surface area contributed by atoms with Gasteiger partial charge in [0.2, 0.25) is 0 Å². The summed E-state index contributed by atoms with van der Waals surface area (Å²) in [6, 6.07) is 3.98. The Hall–Kier alpha value is -1.49. The van der Waals surface area contributed by atoms with Crippen LogP contribution < -0.4 is 5.73 Å². The van der Waals surface area contributed by atoms with E-state index in [1.54, 1.807) is 4.63 Å². The third-order valence-electron chi connectivity index (χ3n) is 2.45. The predicted octanol–water partition coefficient (Wildman–Crippen LogP) is 0.460. The smallest absolute Gasteiger partial charge is 0.176 e. The largest absolute Gasteiger partial charge is 0.324 e. The Kier molecular flexibility index (Phi) is 1.55. The van der Waals surface area contributed by atoms with Gasteiger partial charge in [-0.25, -0.2) is 4.98 Å². The molecule has 1 fully saturated rings. The van der Waals surface area contributed by atoms with Crippen LogP contribution in [-0.2, 0) is 6.54 Å². The van der Waals surface area contributed by atoms with E-state index in [0.717, 1.165) is 11.3 Å². The van der Waals surface area contributed by atoms with E-state index in [1.807, 2.05) is 12.1 Å². The second kappa shape index (κ2) is 2.75. The van der Waals surface area contributed by atoms with E-state index in [-0.39, 0.29) is 0 Å². The van der Waals surface area contributed by atoms with Crippen molar-refractivity contribution in [1.82, 2.24) is 19.8 Å². The SMILES string of the molecule is NCc1nc2ccc(C3CC3)nn2n1. The van der Waals surface area contributed by atoms with Gasteiger partial charge in [0.05, 0.1) is 12.2 Å². The fraction of sp³-hybridized carbons (Fsp3) is 0.444. The Balaban J connectivity index is 2.12. The van der Waals surface area contributed by atoms with E-state index in [9.17, 15) is 0 Å². The molecular formula is C9H11N5. The predicted molar refractivity (Wildman–Crippen MR) is 50.6 cm³/mol. The van der Waals surface area contributed by atoms with Crippen LogP contribution in [0.1, 0.15) is 30.3 Å². The summed E-state index contributed by atoms with van der Waals surface area (Å²) in [5.74, 6) is 1.29. The molecule has 0 atom stereocenters. The average Bonchev–Trinajstić information content (AvgIpc) is 2.97. The van der Waals surface area contributed by atoms with E-state index < -0.39 is 0 Å². The van der Waals surface area contributed by atoms with Gasteiger partial charge >= 0.3 is 0 Å². The van der Waals surface area contributed by atoms with Crippen LogP contribution in [0.15, 0.2) is 12.1 Å². The Morgan fingerprint density at radius 1 is 1.36 bits per heavy atom. The fourth-order valence-corrected chi connectivity index (χ4v) is 1.52. The van der Waals surface area contributed by atoms with E-state index in [0.29, 0.717) is 18.3 Å². The highest BCUT2D eigenvalue weighted by Crippen LogP contribution is 2.38. The molecule has 0 amide bonds. The molecule has 1 aliphatic rings. The fourth-order valence-electron chi connectivity index (χ4n) is 1.52. The van der Waals surface area contributed by atoms with Crippen LogP contribution in [0.5, 0.6) is 0 Å². The number of rotatable bonds is 2. The van der Waals surface area contributed by atoms with Crippen molar-refractivity contribution in [1.29, 1.82) is 0 Å². The molecule has 0 aliphatic heterocycles. The van der Waals surface area contributed by atoms with E-state index in [2.05, 4.69) is 15.2 Å². The molecule has 5 nitrogen and oxygen atoms in total. The molecule has 0 aromatic carbocycles. The lowest BCUT2D eigenvalue weighted by atomic mass is 10.3. The molecule has 0 unspecified atom stereocenters. The third-order valence-corrected chi connectivity index (χ3v) is 2.45. The molecule has 0 bridgehead atoms. The second-order valence-electron chi connectivity index (χ2n) is 3.61. The van der Waals surface area contributed by atoms with Crippen molar-refractivity contribution in [2.75, 3.05) is 0 Å². The number of hydrogen-bond acceptors (Lipinski definition) is 4. The number of nitrogens with two attached hydrogens (primary N) is 1. The topological polar surface area (TPSA) is 69.1 Å². The summed E-state index contributed by atoms with van der Waals surface area (Å²) in [5.41, 5.74) is 7.35. The number of nitrogens with zero attached hydrogens (tertiary/aromatic N) is 4. The van der Waals surface area contributed by atoms with E-state index >= 15 is 0 Å². The number of aromatic nitrogens is 4. The van der Waals surface area contributed by atoms with Gasteiger partial charge in [0.1, 0.15) is 0 Å². The molecule has 2 aromatic rings. The van der Waals surface area contributed by atoms with Gasteiger partial charge in [-0.2, -0.15) is 5.10 Å². The van der Waals surface area contributed by atoms with Crippen molar-refractivity contribution < 1.29 is 0 Å². The summed E-state index contributed by atoms with van der Waals surface area (Å²) in [6.45, 7) is 0.363. The summed E-state index contributed by atoms with van der Waals surface area (Å²) in [5, 5.41) is 8.56. The zero-order valence-electron chi connectivity index (χ0n) is 7.72. The van der Waals surface area contributed by atoms with Crippen LogP contribution in [0.25, 0.3) is 5.65 Å². The normalized spacial score (nSPS) is 16.4. The Morgan fingerprint density at radius 2 is 2.21 bits per heavy atom. The molecule has 2 aromatic heterocycles. The summed E-state index contributed by atoms with van der Waals surface area (Å²) < 4.78 is 1.58. The maximum absolute atomic E-state index is 5.46. The first-order valence-electron chi connectivity index (χ1n) is 4.80. The Bertz CT molecular complexity index is 471. The van der Waals surface area contributed by atoms with Crippen LogP contribution in [-0.4, -0.2) is 19.8 Å². The van der Waals surface area contributed by atoms with Gasteiger partial charge in [0.15, 0.2) is 11.5 Å². The molecule has 3 rings (SSSR count). The molecule has 1 aliphatic carbocycles. The molecule has 0 spiro atoms. The van der Waals surface area contributed by atoms with Crippen molar-refractivity contribution in [2.24, 2.45) is 5.73 Å². The first-order valence-corrected chi connectivity index (χ1v) is 4.80. The summed E-state index contributed by atoms with van der Waals surface area (Å²) >= 11 is 0. The summed E-state index contributed by atoms with van der Waals surface area (Å²) in [6.07, 6.45) is 2.49. The minimum Gasteiger partial charge on any atom is -0.324 e. The van der Waals surface area contributed by atoms with Crippen LogP contribution >= 0.6 is 0 Å². The first-order chi connectivity index (χ1) is 6.86. The molecule has 14 heavy (non-hydrogen) atoms. The Labute approximate surface area is 80.9 Å². The number of fused-ring (bicyclic) bond motifs is 1. The zero-order chi connectivity index (χ0) is 9.54. The molecule has 5 heteroatoms.